The SMILES string of the molecule is CCCCCCCOCCOCCNC(=O)c1ccc2c(c1)C1(OC2=O)c2cc(F)c(OC(C)=O)cc2Oc2cc(OC(C)=O)c(F)cc21. The fraction of sp³-hybridized carbons (Fsp3) is 0.389. The minimum atomic E-state index is -2.00. The highest BCUT2D eigenvalue weighted by Crippen LogP contribution is 2.58. The molecule has 1 spiro atoms. The van der Waals surface area contributed by atoms with Gasteiger partial charge in [0.25, 0.3) is 5.91 Å². The van der Waals surface area contributed by atoms with E-state index in [1.165, 1.54) is 37.5 Å². The predicted molar refractivity (Wildman–Crippen MR) is 170 cm³/mol. The van der Waals surface area contributed by atoms with Crippen molar-refractivity contribution in [2.24, 2.45) is 0 Å². The summed E-state index contributed by atoms with van der Waals surface area (Å²) in [5.41, 5.74) is -1.85. The first-order valence-electron chi connectivity index (χ1n) is 16.1. The maximum Gasteiger partial charge on any atom is 0.340 e. The number of hydrogen-bond acceptors (Lipinski definition) is 10. The second-order valence-corrected chi connectivity index (χ2v) is 11.6. The van der Waals surface area contributed by atoms with Crippen LogP contribution in [0.4, 0.5) is 8.78 Å². The highest BCUT2D eigenvalue weighted by Gasteiger charge is 2.54. The molecule has 0 radical (unpaired) electrons. The molecule has 1 N–H and O–H groups in total. The van der Waals surface area contributed by atoms with Crippen molar-refractivity contribution >= 4 is 23.8 Å². The van der Waals surface area contributed by atoms with Crippen molar-refractivity contribution in [1.82, 2.24) is 5.32 Å². The van der Waals surface area contributed by atoms with E-state index in [9.17, 15) is 19.2 Å². The Morgan fingerprint density at radius 1 is 0.755 bits per heavy atom. The quantitative estimate of drug-likeness (QED) is 0.114. The first-order chi connectivity index (χ1) is 23.5. The summed E-state index contributed by atoms with van der Waals surface area (Å²) in [7, 11) is 0. The molecule has 1 amide bonds. The molecule has 0 fully saturated rings. The lowest BCUT2D eigenvalue weighted by Gasteiger charge is -2.37. The van der Waals surface area contributed by atoms with Crippen LogP contribution in [-0.4, -0.2) is 56.8 Å². The number of esters is 3. The molecule has 2 aliphatic heterocycles. The van der Waals surface area contributed by atoms with Gasteiger partial charge in [-0.05, 0) is 36.8 Å². The first kappa shape index (κ1) is 35.4. The summed E-state index contributed by atoms with van der Waals surface area (Å²) in [4.78, 5) is 49.8. The zero-order valence-electron chi connectivity index (χ0n) is 27.5. The van der Waals surface area contributed by atoms with E-state index in [2.05, 4.69) is 12.2 Å². The number of benzene rings is 3. The number of carbonyl (C=O) groups is 4. The van der Waals surface area contributed by atoms with Gasteiger partial charge in [0.1, 0.15) is 11.5 Å². The van der Waals surface area contributed by atoms with Crippen LogP contribution in [0.25, 0.3) is 0 Å². The Labute approximate surface area is 281 Å². The molecule has 5 rings (SSSR count). The van der Waals surface area contributed by atoms with Crippen LogP contribution in [-0.2, 0) is 29.4 Å². The monoisotopic (exact) mass is 681 g/mol. The number of halogens is 2. The first-order valence-corrected chi connectivity index (χ1v) is 16.1. The van der Waals surface area contributed by atoms with Gasteiger partial charge in [0.2, 0.25) is 0 Å². The number of amides is 1. The van der Waals surface area contributed by atoms with Crippen LogP contribution in [0, 0.1) is 11.6 Å². The Bertz CT molecular complexity index is 1690. The minimum Gasteiger partial charge on any atom is -0.456 e. The number of rotatable bonds is 15. The van der Waals surface area contributed by atoms with Gasteiger partial charge >= 0.3 is 17.9 Å². The van der Waals surface area contributed by atoms with Gasteiger partial charge in [0.15, 0.2) is 28.7 Å². The van der Waals surface area contributed by atoms with Gasteiger partial charge in [-0.3, -0.25) is 14.4 Å². The molecule has 0 saturated carbocycles. The minimum absolute atomic E-state index is 0.0398. The standard InChI is InChI=1S/C36H37F2NO10/c1-4-5-6-7-8-12-44-14-15-45-13-11-39-34(42)23-9-10-24-25(16-23)36(49-35(24)43)26-17-28(37)32(46-21(2)40)19-30(26)48-31-20-33(47-22(3)41)29(38)18-27(31)36/h9-10,16-20H,4-8,11-15H2,1-3H3,(H,39,42). The van der Waals surface area contributed by atoms with Gasteiger partial charge in [-0.15, -0.1) is 0 Å². The molecule has 3 aromatic carbocycles. The molecule has 2 aliphatic rings. The summed E-state index contributed by atoms with van der Waals surface area (Å²) >= 11 is 0. The van der Waals surface area contributed by atoms with E-state index in [1.54, 1.807) is 0 Å². The smallest absolute Gasteiger partial charge is 0.340 e. The maximum absolute atomic E-state index is 15.4. The number of nitrogens with one attached hydrogen (secondary N) is 1. The van der Waals surface area contributed by atoms with Crippen LogP contribution in [0.5, 0.6) is 23.0 Å². The molecular formula is C36H37F2NO10. The largest absolute Gasteiger partial charge is 0.456 e. The lowest BCUT2D eigenvalue weighted by molar-refractivity contribution is -0.133. The Hall–Kier alpha value is -4.88. The summed E-state index contributed by atoms with van der Waals surface area (Å²) < 4.78 is 63.8. The third-order valence-electron chi connectivity index (χ3n) is 7.98. The fourth-order valence-corrected chi connectivity index (χ4v) is 5.79. The van der Waals surface area contributed by atoms with Crippen molar-refractivity contribution in [3.63, 3.8) is 0 Å². The van der Waals surface area contributed by atoms with Gasteiger partial charge in [0, 0.05) is 50.3 Å². The Balaban J connectivity index is 1.39. The predicted octanol–water partition coefficient (Wildman–Crippen LogP) is 6.12. The lowest BCUT2D eigenvalue weighted by Crippen LogP contribution is -2.34. The molecule has 3 aromatic rings. The molecular weight excluding hydrogens is 644 g/mol. The number of ether oxygens (including phenoxy) is 6. The zero-order chi connectivity index (χ0) is 35.1. The summed E-state index contributed by atoms with van der Waals surface area (Å²) in [5.74, 6) is -6.05. The third kappa shape index (κ3) is 7.73. The number of carbonyl (C=O) groups excluding carboxylic acids is 4. The van der Waals surface area contributed by atoms with Crippen LogP contribution in [0.1, 0.15) is 90.3 Å². The second kappa shape index (κ2) is 15.6. The Morgan fingerprint density at radius 2 is 1.35 bits per heavy atom. The van der Waals surface area contributed by atoms with E-state index >= 15 is 8.78 Å². The molecule has 0 aliphatic carbocycles. The van der Waals surface area contributed by atoms with Crippen molar-refractivity contribution in [3.8, 4) is 23.0 Å². The molecule has 0 unspecified atom stereocenters. The molecule has 0 aromatic heterocycles. The van der Waals surface area contributed by atoms with Crippen molar-refractivity contribution in [3.05, 3.63) is 81.9 Å². The normalized spacial score (nSPS) is 13.5. The van der Waals surface area contributed by atoms with Crippen LogP contribution in [0.2, 0.25) is 0 Å². The second-order valence-electron chi connectivity index (χ2n) is 11.6. The average Bonchev–Trinajstić information content (AvgIpc) is 3.34. The highest BCUT2D eigenvalue weighted by molar-refractivity contribution is 6.00. The zero-order valence-corrected chi connectivity index (χ0v) is 27.5. The molecule has 0 atom stereocenters. The summed E-state index contributed by atoms with van der Waals surface area (Å²) in [5, 5.41) is 2.76. The number of unbranched alkanes of at least 4 members (excludes halogenated alkanes) is 4. The third-order valence-corrected chi connectivity index (χ3v) is 7.98. The maximum atomic E-state index is 15.4. The van der Waals surface area contributed by atoms with Gasteiger partial charge in [-0.2, -0.15) is 0 Å². The van der Waals surface area contributed by atoms with Crippen LogP contribution >= 0.6 is 0 Å². The van der Waals surface area contributed by atoms with E-state index in [1.807, 2.05) is 0 Å². The van der Waals surface area contributed by atoms with E-state index < -0.39 is 52.5 Å². The number of hydrogen-bond donors (Lipinski definition) is 1. The van der Waals surface area contributed by atoms with Gasteiger partial charge in [0.05, 0.1) is 36.5 Å². The van der Waals surface area contributed by atoms with Gasteiger partial charge in [-0.25, -0.2) is 13.6 Å². The van der Waals surface area contributed by atoms with Gasteiger partial charge < -0.3 is 33.7 Å². The Morgan fingerprint density at radius 3 is 1.94 bits per heavy atom. The Kier molecular flexibility index (Phi) is 11.2. The summed E-state index contributed by atoms with van der Waals surface area (Å²) in [6, 6.07) is 8.31. The molecule has 0 bridgehead atoms. The van der Waals surface area contributed by atoms with Gasteiger partial charge in [-0.1, -0.05) is 32.6 Å². The molecule has 11 nitrogen and oxygen atoms in total. The molecule has 49 heavy (non-hydrogen) atoms. The summed E-state index contributed by atoms with van der Waals surface area (Å²) in [6.45, 7) is 6.25. The number of fused-ring (bicyclic) bond motifs is 6. The molecule has 260 valence electrons. The van der Waals surface area contributed by atoms with Crippen molar-refractivity contribution in [2.45, 2.75) is 58.5 Å². The molecule has 13 heteroatoms. The molecule has 0 saturated heterocycles. The topological polar surface area (TPSA) is 136 Å². The van der Waals surface area contributed by atoms with Crippen LogP contribution in [0.3, 0.4) is 0 Å². The fourth-order valence-electron chi connectivity index (χ4n) is 5.79. The van der Waals surface area contributed by atoms with Crippen LogP contribution < -0.4 is 19.5 Å². The lowest BCUT2D eigenvalue weighted by atomic mass is 9.77. The van der Waals surface area contributed by atoms with E-state index in [4.69, 9.17) is 28.4 Å². The average molecular weight is 682 g/mol. The van der Waals surface area contributed by atoms with E-state index in [0.717, 1.165) is 51.0 Å². The van der Waals surface area contributed by atoms with E-state index in [-0.39, 0.29) is 52.5 Å². The highest BCUT2D eigenvalue weighted by atomic mass is 19.1. The van der Waals surface area contributed by atoms with Crippen LogP contribution in [0.15, 0.2) is 42.5 Å². The molecule has 2 heterocycles. The summed E-state index contributed by atoms with van der Waals surface area (Å²) in [6.07, 6.45) is 5.76. The van der Waals surface area contributed by atoms with E-state index in [0.29, 0.717) is 19.8 Å². The van der Waals surface area contributed by atoms with Crippen molar-refractivity contribution in [1.29, 1.82) is 0 Å². The van der Waals surface area contributed by atoms with Crippen molar-refractivity contribution in [2.75, 3.05) is 33.0 Å². The van der Waals surface area contributed by atoms with Crippen molar-refractivity contribution < 1.29 is 56.4 Å².